The smallest absolute Gasteiger partial charge is 0.407 e. The molecular formula is C25H23NO5. The summed E-state index contributed by atoms with van der Waals surface area (Å²) >= 11 is 0. The molecule has 6 nitrogen and oxygen atoms in total. The number of aliphatic hydroxyl groups is 2. The number of aliphatic hydroxyl groups excluding tert-OH is 2. The Morgan fingerprint density at radius 2 is 1.52 bits per heavy atom. The summed E-state index contributed by atoms with van der Waals surface area (Å²) in [7, 11) is 0. The fourth-order valence-electron chi connectivity index (χ4n) is 3.94. The van der Waals surface area contributed by atoms with Crippen molar-refractivity contribution in [3.05, 3.63) is 95.1 Å². The lowest BCUT2D eigenvalue weighted by molar-refractivity contribution is 0.0185. The Bertz CT molecular complexity index is 1030. The normalized spacial score (nSPS) is 14.3. The van der Waals surface area contributed by atoms with Crippen molar-refractivity contribution < 1.29 is 24.5 Å². The maximum absolute atomic E-state index is 12.2. The number of rotatable bonds is 7. The highest BCUT2D eigenvalue weighted by Gasteiger charge is 2.29. The number of aldehydes is 1. The molecule has 1 amide bonds. The monoisotopic (exact) mass is 417 g/mol. The van der Waals surface area contributed by atoms with Crippen LogP contribution in [0.4, 0.5) is 4.79 Å². The van der Waals surface area contributed by atoms with Gasteiger partial charge in [-0.15, -0.1) is 0 Å². The zero-order valence-corrected chi connectivity index (χ0v) is 16.8. The molecule has 0 aliphatic heterocycles. The average molecular weight is 417 g/mol. The number of nitrogens with one attached hydrogen (secondary N) is 1. The molecule has 0 saturated heterocycles. The molecule has 3 aromatic carbocycles. The number of ether oxygens (including phenoxy) is 1. The highest BCUT2D eigenvalue weighted by molar-refractivity contribution is 5.79. The van der Waals surface area contributed by atoms with Crippen LogP contribution in [-0.2, 0) is 4.74 Å². The van der Waals surface area contributed by atoms with Crippen LogP contribution in [0, 0.1) is 0 Å². The van der Waals surface area contributed by atoms with Gasteiger partial charge >= 0.3 is 6.09 Å². The molecule has 0 saturated carbocycles. The van der Waals surface area contributed by atoms with Gasteiger partial charge in [0.1, 0.15) is 25.1 Å². The molecule has 31 heavy (non-hydrogen) atoms. The lowest BCUT2D eigenvalue weighted by Gasteiger charge is -2.19. The minimum Gasteiger partial charge on any atom is -0.449 e. The van der Waals surface area contributed by atoms with Crippen LogP contribution in [0.2, 0.25) is 0 Å². The van der Waals surface area contributed by atoms with Gasteiger partial charge in [-0.25, -0.2) is 4.79 Å². The Morgan fingerprint density at radius 1 is 0.935 bits per heavy atom. The molecule has 0 bridgehead atoms. The van der Waals surface area contributed by atoms with Gasteiger partial charge in [0.05, 0.1) is 0 Å². The van der Waals surface area contributed by atoms with E-state index in [1.807, 2.05) is 36.4 Å². The number of carbonyl (C=O) groups excluding carboxylic acids is 2. The van der Waals surface area contributed by atoms with Gasteiger partial charge in [0.2, 0.25) is 0 Å². The van der Waals surface area contributed by atoms with E-state index in [4.69, 9.17) is 4.74 Å². The Morgan fingerprint density at radius 3 is 2.10 bits per heavy atom. The first kappa shape index (κ1) is 20.8. The maximum Gasteiger partial charge on any atom is 0.407 e. The molecule has 6 heteroatoms. The summed E-state index contributed by atoms with van der Waals surface area (Å²) in [6.45, 7) is -0.00105. The second-order valence-electron chi connectivity index (χ2n) is 7.50. The summed E-state index contributed by atoms with van der Waals surface area (Å²) < 4.78 is 5.42. The Hall–Kier alpha value is -3.48. The SMILES string of the molecule is O=Cc1ccc(C(O)C(O)CNC(=O)OCC2c3ccccc3-c3ccccc32)cc1. The average Bonchev–Trinajstić information content (AvgIpc) is 3.14. The van der Waals surface area contributed by atoms with E-state index in [9.17, 15) is 19.8 Å². The summed E-state index contributed by atoms with van der Waals surface area (Å²) in [5.74, 6) is -0.0509. The summed E-state index contributed by atoms with van der Waals surface area (Å²) in [4.78, 5) is 22.9. The molecular weight excluding hydrogens is 394 g/mol. The fraction of sp³-hybridized carbons (Fsp3) is 0.200. The van der Waals surface area contributed by atoms with Gasteiger partial charge in [-0.05, 0) is 27.8 Å². The standard InChI is InChI=1S/C25H23NO5/c27-14-16-9-11-17(12-10-16)24(29)23(28)13-26-25(30)31-15-22-20-7-3-1-5-18(20)19-6-2-4-8-21(19)22/h1-12,14,22-24,28-29H,13,15H2,(H,26,30). The first-order chi connectivity index (χ1) is 15.1. The molecule has 3 N–H and O–H groups in total. The third kappa shape index (κ3) is 4.35. The van der Waals surface area contributed by atoms with Crippen molar-refractivity contribution in [2.24, 2.45) is 0 Å². The topological polar surface area (TPSA) is 95.9 Å². The number of alkyl carbamates (subject to hydrolysis) is 1. The molecule has 0 fully saturated rings. The van der Waals surface area contributed by atoms with E-state index in [1.54, 1.807) is 24.3 Å². The van der Waals surface area contributed by atoms with Crippen LogP contribution in [0.1, 0.15) is 39.1 Å². The van der Waals surface area contributed by atoms with Crippen molar-refractivity contribution in [2.75, 3.05) is 13.2 Å². The molecule has 3 aromatic rings. The number of benzene rings is 3. The second-order valence-corrected chi connectivity index (χ2v) is 7.50. The van der Waals surface area contributed by atoms with E-state index in [-0.39, 0.29) is 19.1 Å². The van der Waals surface area contributed by atoms with Gasteiger partial charge in [0.25, 0.3) is 0 Å². The quantitative estimate of drug-likeness (QED) is 0.512. The van der Waals surface area contributed by atoms with Crippen molar-refractivity contribution in [2.45, 2.75) is 18.1 Å². The highest BCUT2D eigenvalue weighted by atomic mass is 16.5. The third-order valence-electron chi connectivity index (χ3n) is 5.58. The third-order valence-corrected chi connectivity index (χ3v) is 5.58. The summed E-state index contributed by atoms with van der Waals surface area (Å²) in [5.41, 5.74) is 5.45. The van der Waals surface area contributed by atoms with Crippen LogP contribution < -0.4 is 5.32 Å². The van der Waals surface area contributed by atoms with Crippen molar-refractivity contribution in [3.8, 4) is 11.1 Å². The molecule has 1 aliphatic carbocycles. The molecule has 4 rings (SSSR count). The first-order valence-electron chi connectivity index (χ1n) is 10.1. The minimum atomic E-state index is -1.22. The Balaban J connectivity index is 1.33. The van der Waals surface area contributed by atoms with Crippen LogP contribution in [0.5, 0.6) is 0 Å². The van der Waals surface area contributed by atoms with E-state index in [0.29, 0.717) is 17.4 Å². The Kier molecular flexibility index (Phi) is 6.11. The highest BCUT2D eigenvalue weighted by Crippen LogP contribution is 2.44. The maximum atomic E-state index is 12.2. The van der Waals surface area contributed by atoms with Gasteiger partial charge in [0.15, 0.2) is 0 Å². The van der Waals surface area contributed by atoms with Crippen molar-refractivity contribution in [1.29, 1.82) is 0 Å². The van der Waals surface area contributed by atoms with E-state index in [0.717, 1.165) is 22.3 Å². The first-order valence-corrected chi connectivity index (χ1v) is 10.1. The predicted octanol–water partition coefficient (Wildman–Crippen LogP) is 3.43. The molecule has 2 unspecified atom stereocenters. The van der Waals surface area contributed by atoms with Gasteiger partial charge in [-0.2, -0.15) is 0 Å². The minimum absolute atomic E-state index is 0.0509. The zero-order valence-electron chi connectivity index (χ0n) is 16.8. The van der Waals surface area contributed by atoms with Crippen LogP contribution >= 0.6 is 0 Å². The molecule has 0 heterocycles. The molecule has 1 aliphatic rings. The number of amides is 1. The van der Waals surface area contributed by atoms with Crippen molar-refractivity contribution in [1.82, 2.24) is 5.32 Å². The molecule has 0 radical (unpaired) electrons. The van der Waals surface area contributed by atoms with Gasteiger partial charge in [-0.3, -0.25) is 4.79 Å². The van der Waals surface area contributed by atoms with Crippen LogP contribution in [0.3, 0.4) is 0 Å². The molecule has 2 atom stereocenters. The van der Waals surface area contributed by atoms with Crippen molar-refractivity contribution >= 4 is 12.4 Å². The van der Waals surface area contributed by atoms with Gasteiger partial charge in [0, 0.05) is 18.0 Å². The predicted molar refractivity (Wildman–Crippen MR) is 116 cm³/mol. The number of fused-ring (bicyclic) bond motifs is 3. The second kappa shape index (κ2) is 9.12. The van der Waals surface area contributed by atoms with Crippen LogP contribution in [0.15, 0.2) is 72.8 Å². The van der Waals surface area contributed by atoms with Crippen molar-refractivity contribution in [3.63, 3.8) is 0 Å². The number of carbonyl (C=O) groups is 2. The summed E-state index contributed by atoms with van der Waals surface area (Å²) in [5, 5.41) is 23.0. The van der Waals surface area contributed by atoms with E-state index in [1.165, 1.54) is 0 Å². The van der Waals surface area contributed by atoms with E-state index < -0.39 is 18.3 Å². The van der Waals surface area contributed by atoms with Crippen LogP contribution in [-0.4, -0.2) is 41.8 Å². The van der Waals surface area contributed by atoms with Gasteiger partial charge in [-0.1, -0.05) is 72.8 Å². The zero-order chi connectivity index (χ0) is 21.8. The summed E-state index contributed by atoms with van der Waals surface area (Å²) in [6, 6.07) is 22.4. The van der Waals surface area contributed by atoms with Gasteiger partial charge < -0.3 is 20.3 Å². The molecule has 0 aromatic heterocycles. The number of hydrogen-bond acceptors (Lipinski definition) is 5. The molecule has 0 spiro atoms. The summed E-state index contributed by atoms with van der Waals surface area (Å²) in [6.07, 6.45) is -2.38. The lowest BCUT2D eigenvalue weighted by Crippen LogP contribution is -2.36. The van der Waals surface area contributed by atoms with Crippen LogP contribution in [0.25, 0.3) is 11.1 Å². The van der Waals surface area contributed by atoms with E-state index >= 15 is 0 Å². The number of hydrogen-bond donors (Lipinski definition) is 3. The Labute approximate surface area is 180 Å². The largest absolute Gasteiger partial charge is 0.449 e. The lowest BCUT2D eigenvalue weighted by atomic mass is 9.98. The molecule has 158 valence electrons. The fourth-order valence-corrected chi connectivity index (χ4v) is 3.94. The van der Waals surface area contributed by atoms with E-state index in [2.05, 4.69) is 17.4 Å².